The minimum Gasteiger partial charge on any atom is -0.391 e. The van der Waals surface area contributed by atoms with E-state index in [-0.39, 0.29) is 11.6 Å². The fourth-order valence-corrected chi connectivity index (χ4v) is 4.17. The first kappa shape index (κ1) is 15.0. The smallest absolute Gasteiger partial charge is 0.0779 e. The highest BCUT2D eigenvalue weighted by molar-refractivity contribution is 5.08. The summed E-state index contributed by atoms with van der Waals surface area (Å²) in [6, 6.07) is 2.45. The molecule has 0 bridgehead atoms. The predicted octanol–water partition coefficient (Wildman–Crippen LogP) is 2.78. The molecule has 1 aliphatic heterocycles. The zero-order valence-electron chi connectivity index (χ0n) is 13.5. The summed E-state index contributed by atoms with van der Waals surface area (Å²) in [7, 11) is 0. The number of hydrogen-bond donors (Lipinski definition) is 1. The van der Waals surface area contributed by atoms with Gasteiger partial charge in [0.05, 0.1) is 11.8 Å². The number of likely N-dealkylation sites (tertiary alicyclic amines) is 1. The van der Waals surface area contributed by atoms with Crippen LogP contribution in [0.3, 0.4) is 0 Å². The SMILES string of the molecule is CC(C)n1ccc(CC(O)C2(N3CCCC3)CCCC2)n1. The Morgan fingerprint density at radius 2 is 1.86 bits per heavy atom. The van der Waals surface area contributed by atoms with Crippen molar-refractivity contribution in [2.45, 2.75) is 76.5 Å². The van der Waals surface area contributed by atoms with Crippen molar-refractivity contribution in [3.63, 3.8) is 0 Å². The average Bonchev–Trinajstić information content (AvgIpc) is 3.20. The number of hydrogen-bond acceptors (Lipinski definition) is 3. The topological polar surface area (TPSA) is 41.3 Å². The zero-order valence-corrected chi connectivity index (χ0v) is 13.5. The van der Waals surface area contributed by atoms with Crippen molar-refractivity contribution in [2.75, 3.05) is 13.1 Å². The van der Waals surface area contributed by atoms with Crippen molar-refractivity contribution in [3.8, 4) is 0 Å². The molecule has 21 heavy (non-hydrogen) atoms. The number of nitrogens with zero attached hydrogens (tertiary/aromatic N) is 3. The van der Waals surface area contributed by atoms with Gasteiger partial charge in [-0.3, -0.25) is 9.58 Å². The molecule has 0 amide bonds. The van der Waals surface area contributed by atoms with Crippen LogP contribution in [0.15, 0.2) is 12.3 Å². The van der Waals surface area contributed by atoms with Gasteiger partial charge in [-0.25, -0.2) is 0 Å². The Hall–Kier alpha value is -0.870. The van der Waals surface area contributed by atoms with E-state index in [2.05, 4.69) is 29.9 Å². The van der Waals surface area contributed by atoms with Crippen molar-refractivity contribution in [3.05, 3.63) is 18.0 Å². The van der Waals surface area contributed by atoms with Gasteiger partial charge >= 0.3 is 0 Å². The molecule has 4 heteroatoms. The fourth-order valence-electron chi connectivity index (χ4n) is 4.17. The highest BCUT2D eigenvalue weighted by atomic mass is 16.3. The largest absolute Gasteiger partial charge is 0.391 e. The molecule has 0 spiro atoms. The molecule has 1 unspecified atom stereocenters. The second-order valence-electron chi connectivity index (χ2n) is 7.11. The lowest BCUT2D eigenvalue weighted by Crippen LogP contribution is -2.54. The summed E-state index contributed by atoms with van der Waals surface area (Å²) < 4.78 is 1.99. The van der Waals surface area contributed by atoms with E-state index in [1.807, 2.05) is 10.9 Å². The molecule has 1 aromatic rings. The van der Waals surface area contributed by atoms with Gasteiger partial charge in [0.15, 0.2) is 0 Å². The standard InChI is InChI=1S/C17H29N3O/c1-14(2)20-12-7-15(18-20)13-16(21)17(8-3-4-9-17)19-10-5-6-11-19/h7,12,14,16,21H,3-6,8-11,13H2,1-2H3. The molecule has 4 nitrogen and oxygen atoms in total. The highest BCUT2D eigenvalue weighted by Crippen LogP contribution is 2.40. The number of aromatic nitrogens is 2. The molecule has 1 aliphatic carbocycles. The molecule has 1 N–H and O–H groups in total. The minimum absolute atomic E-state index is 0.0259. The van der Waals surface area contributed by atoms with Crippen molar-refractivity contribution in [1.29, 1.82) is 0 Å². The first-order valence-corrected chi connectivity index (χ1v) is 8.59. The van der Waals surface area contributed by atoms with E-state index >= 15 is 0 Å². The van der Waals surface area contributed by atoms with Gasteiger partial charge in [0.1, 0.15) is 0 Å². The van der Waals surface area contributed by atoms with Crippen LogP contribution in [0, 0.1) is 0 Å². The Kier molecular flexibility index (Phi) is 4.36. The molecule has 0 radical (unpaired) electrons. The van der Waals surface area contributed by atoms with E-state index in [0.29, 0.717) is 12.5 Å². The Labute approximate surface area is 128 Å². The summed E-state index contributed by atoms with van der Waals surface area (Å²) in [5.41, 5.74) is 1.06. The molecule has 2 heterocycles. The van der Waals surface area contributed by atoms with Gasteiger partial charge in [-0.15, -0.1) is 0 Å². The van der Waals surface area contributed by atoms with Crippen LogP contribution in [0.25, 0.3) is 0 Å². The molecule has 3 rings (SSSR count). The van der Waals surface area contributed by atoms with E-state index in [1.54, 1.807) is 0 Å². The van der Waals surface area contributed by atoms with Crippen molar-refractivity contribution < 1.29 is 5.11 Å². The lowest BCUT2D eigenvalue weighted by molar-refractivity contribution is -0.0177. The van der Waals surface area contributed by atoms with E-state index < -0.39 is 0 Å². The quantitative estimate of drug-likeness (QED) is 0.907. The van der Waals surface area contributed by atoms with Crippen molar-refractivity contribution >= 4 is 0 Å². The molecule has 1 saturated heterocycles. The Bertz CT molecular complexity index is 456. The fraction of sp³-hybridized carbons (Fsp3) is 0.824. The first-order chi connectivity index (χ1) is 10.1. The summed E-state index contributed by atoms with van der Waals surface area (Å²) in [6.45, 7) is 6.60. The van der Waals surface area contributed by atoms with Gasteiger partial charge in [-0.2, -0.15) is 5.10 Å². The second-order valence-corrected chi connectivity index (χ2v) is 7.11. The van der Waals surface area contributed by atoms with Gasteiger partial charge in [0.25, 0.3) is 0 Å². The Morgan fingerprint density at radius 1 is 1.19 bits per heavy atom. The lowest BCUT2D eigenvalue weighted by Gasteiger charge is -2.42. The summed E-state index contributed by atoms with van der Waals surface area (Å²) in [5.74, 6) is 0. The molecule has 2 fully saturated rings. The average molecular weight is 291 g/mol. The van der Waals surface area contributed by atoms with Gasteiger partial charge in [0, 0.05) is 24.2 Å². The van der Waals surface area contributed by atoms with E-state index in [4.69, 9.17) is 0 Å². The van der Waals surface area contributed by atoms with Crippen LogP contribution >= 0.6 is 0 Å². The third kappa shape index (κ3) is 2.88. The van der Waals surface area contributed by atoms with Gasteiger partial charge in [0.2, 0.25) is 0 Å². The Morgan fingerprint density at radius 3 is 2.43 bits per heavy atom. The van der Waals surface area contributed by atoms with E-state index in [0.717, 1.165) is 31.6 Å². The third-order valence-electron chi connectivity index (χ3n) is 5.42. The molecule has 118 valence electrons. The maximum absolute atomic E-state index is 11.0. The summed E-state index contributed by atoms with van der Waals surface area (Å²) in [5, 5.41) is 15.6. The van der Waals surface area contributed by atoms with Gasteiger partial charge < -0.3 is 5.11 Å². The summed E-state index contributed by atoms with van der Waals surface area (Å²) in [6.07, 6.45) is 9.83. The second kappa shape index (κ2) is 6.09. The molecular formula is C17H29N3O. The van der Waals surface area contributed by atoms with Gasteiger partial charge in [-0.05, 0) is 58.7 Å². The summed E-state index contributed by atoms with van der Waals surface area (Å²) in [4.78, 5) is 2.57. The van der Waals surface area contributed by atoms with Crippen LogP contribution in [0.1, 0.15) is 64.1 Å². The zero-order chi connectivity index (χ0) is 14.9. The number of aliphatic hydroxyl groups is 1. The summed E-state index contributed by atoms with van der Waals surface area (Å²) >= 11 is 0. The monoisotopic (exact) mass is 291 g/mol. The van der Waals surface area contributed by atoms with Crippen LogP contribution < -0.4 is 0 Å². The highest BCUT2D eigenvalue weighted by Gasteiger charge is 2.46. The molecule has 1 aromatic heterocycles. The van der Waals surface area contributed by atoms with Crippen molar-refractivity contribution in [2.24, 2.45) is 0 Å². The van der Waals surface area contributed by atoms with E-state index in [9.17, 15) is 5.11 Å². The Balaban J connectivity index is 1.73. The predicted molar refractivity (Wildman–Crippen MR) is 84.3 cm³/mol. The third-order valence-corrected chi connectivity index (χ3v) is 5.42. The number of rotatable bonds is 5. The van der Waals surface area contributed by atoms with Crippen LogP contribution in [-0.2, 0) is 6.42 Å². The van der Waals surface area contributed by atoms with E-state index in [1.165, 1.54) is 25.7 Å². The molecular weight excluding hydrogens is 262 g/mol. The van der Waals surface area contributed by atoms with Crippen LogP contribution in [0.5, 0.6) is 0 Å². The molecule has 0 aromatic carbocycles. The van der Waals surface area contributed by atoms with Crippen LogP contribution in [0.4, 0.5) is 0 Å². The first-order valence-electron chi connectivity index (χ1n) is 8.59. The van der Waals surface area contributed by atoms with Crippen LogP contribution in [0.2, 0.25) is 0 Å². The maximum atomic E-state index is 11.0. The normalized spacial score (nSPS) is 24.0. The van der Waals surface area contributed by atoms with Crippen molar-refractivity contribution in [1.82, 2.24) is 14.7 Å². The lowest BCUT2D eigenvalue weighted by atomic mass is 9.86. The molecule has 1 atom stereocenters. The molecule has 2 aliphatic rings. The number of aliphatic hydroxyl groups excluding tert-OH is 1. The maximum Gasteiger partial charge on any atom is 0.0779 e. The minimum atomic E-state index is -0.284. The van der Waals surface area contributed by atoms with Gasteiger partial charge in [-0.1, -0.05) is 12.8 Å². The molecule has 1 saturated carbocycles. The van der Waals surface area contributed by atoms with Crippen LogP contribution in [-0.4, -0.2) is 44.5 Å².